The van der Waals surface area contributed by atoms with Crippen molar-refractivity contribution >= 4 is 103 Å². The number of hydrogen-bond acceptors (Lipinski definition) is 14. The Kier molecular flexibility index (Phi) is 15.0. The molecule has 88 heavy (non-hydrogen) atoms. The Morgan fingerprint density at radius 2 is 0.784 bits per heavy atom. The Morgan fingerprint density at radius 3 is 1.10 bits per heavy atom. The lowest BCUT2D eigenvalue weighted by atomic mass is 9.82. The zero-order valence-electron chi connectivity index (χ0n) is 48.4. The van der Waals surface area contributed by atoms with Crippen LogP contribution in [-0.2, 0) is 47.8 Å². The molecule has 8 N–H and O–H groups in total. The summed E-state index contributed by atoms with van der Waals surface area (Å²) in [6, 6.07) is 22.5. The second-order valence-corrected chi connectivity index (χ2v) is 28.4. The van der Waals surface area contributed by atoms with Gasteiger partial charge in [0.1, 0.15) is 11.6 Å². The van der Waals surface area contributed by atoms with E-state index >= 15 is 0 Å². The van der Waals surface area contributed by atoms with E-state index in [9.17, 15) is 48.6 Å². The van der Waals surface area contributed by atoms with Crippen LogP contribution >= 0.6 is 31.9 Å². The number of rotatable bonds is 6. The predicted molar refractivity (Wildman–Crippen MR) is 329 cm³/mol. The van der Waals surface area contributed by atoms with Crippen molar-refractivity contribution < 1.29 is 58.0 Å². The largest absolute Gasteiger partial charge is 0.481 e. The molecule has 456 valence electrons. The van der Waals surface area contributed by atoms with E-state index in [0.717, 1.165) is 51.6 Å². The highest BCUT2D eigenvalue weighted by atomic mass is 79.9. The minimum Gasteiger partial charge on any atom is -0.481 e. The first-order valence-corrected chi connectivity index (χ1v) is 31.9. The lowest BCUT2D eigenvalue weighted by Gasteiger charge is -2.23. The van der Waals surface area contributed by atoms with Gasteiger partial charge in [-0.05, 0) is 215 Å². The zero-order chi connectivity index (χ0) is 61.9. The number of amides is 2. The maximum atomic E-state index is 12.7. The highest BCUT2D eigenvalue weighted by Gasteiger charge is 2.75. The average Bonchev–Trinajstić information content (AvgIpc) is 1.55. The number of aromatic nitrogens is 2. The van der Waals surface area contributed by atoms with Gasteiger partial charge in [0.15, 0.2) is 0 Å². The second kappa shape index (κ2) is 22.2. The number of halogens is 2. The molecule has 10 fully saturated rings. The van der Waals surface area contributed by atoms with Gasteiger partial charge in [0.25, 0.3) is 0 Å². The molecule has 8 saturated carbocycles. The number of nitrogens with two attached hydrogens (primary N) is 2. The number of aryl methyl sites for hydroxylation is 2. The van der Waals surface area contributed by atoms with Gasteiger partial charge in [-0.2, -0.15) is 0 Å². The number of hydrogen-bond donors (Lipinski definition) is 6. The van der Waals surface area contributed by atoms with Crippen LogP contribution < -0.4 is 22.1 Å². The van der Waals surface area contributed by atoms with Crippen LogP contribution in [0.3, 0.4) is 0 Å². The minimum absolute atomic E-state index is 0.00336. The number of esters is 4. The first-order chi connectivity index (χ1) is 42.1. The number of ether oxygens (including phenoxy) is 2. The van der Waals surface area contributed by atoms with E-state index in [1.165, 1.54) is 31.2 Å². The third-order valence-corrected chi connectivity index (χ3v) is 23.1. The highest BCUT2D eigenvalue weighted by molar-refractivity contribution is 9.10. The van der Waals surface area contributed by atoms with Crippen LogP contribution in [0.25, 0.3) is 0 Å². The first kappa shape index (κ1) is 59.4. The van der Waals surface area contributed by atoms with Gasteiger partial charge in [-0.25, -0.2) is 9.97 Å². The zero-order valence-corrected chi connectivity index (χ0v) is 51.6. The summed E-state index contributed by atoms with van der Waals surface area (Å²) >= 11 is 6.52. The number of nitrogens with zero attached hydrogens (tertiary/aromatic N) is 2. The maximum absolute atomic E-state index is 12.7. The van der Waals surface area contributed by atoms with Crippen molar-refractivity contribution in [2.24, 2.45) is 116 Å². The van der Waals surface area contributed by atoms with Gasteiger partial charge in [-0.15, -0.1) is 0 Å². The van der Waals surface area contributed by atoms with Crippen LogP contribution in [0, 0.1) is 130 Å². The van der Waals surface area contributed by atoms with Crippen LogP contribution in [0.1, 0.15) is 62.5 Å². The number of aliphatic carboxylic acids is 2. The fourth-order valence-corrected chi connectivity index (χ4v) is 18.1. The molecule has 14 aliphatic rings. The van der Waals surface area contributed by atoms with Crippen molar-refractivity contribution in [2.45, 2.75) is 65.2 Å². The van der Waals surface area contributed by atoms with Crippen molar-refractivity contribution in [2.75, 3.05) is 22.1 Å². The van der Waals surface area contributed by atoms with E-state index in [2.05, 4.69) is 88.9 Å². The second-order valence-electron chi connectivity index (χ2n) is 26.6. The summed E-state index contributed by atoms with van der Waals surface area (Å²) in [5.41, 5.74) is 15.4. The van der Waals surface area contributed by atoms with Gasteiger partial charge >= 0.3 is 35.8 Å². The van der Waals surface area contributed by atoms with Crippen LogP contribution in [-0.4, -0.2) is 67.8 Å². The Balaban J connectivity index is 0.000000101. The smallest absolute Gasteiger partial charge is 0.318 e. The number of anilines is 4. The molecule has 12 aliphatic carbocycles. The van der Waals surface area contributed by atoms with Gasteiger partial charge in [-0.1, -0.05) is 84.0 Å². The number of nitrogen functional groups attached to an aromatic ring is 2. The topological polar surface area (TPSA) is 297 Å². The Bertz CT molecular complexity index is 3320. The molecule has 2 amide bonds. The first-order valence-electron chi connectivity index (χ1n) is 30.3. The van der Waals surface area contributed by atoms with E-state index < -0.39 is 35.6 Å². The minimum atomic E-state index is -0.868. The highest BCUT2D eigenvalue weighted by Crippen LogP contribution is 2.76. The van der Waals surface area contributed by atoms with E-state index in [-0.39, 0.29) is 93.9 Å². The molecule has 4 aromatic rings. The van der Waals surface area contributed by atoms with Crippen molar-refractivity contribution in [1.29, 1.82) is 0 Å². The number of benzene rings is 2. The van der Waals surface area contributed by atoms with Crippen LogP contribution in [0.15, 0.2) is 143 Å². The van der Waals surface area contributed by atoms with Crippen LogP contribution in [0.2, 0.25) is 0 Å². The molecule has 16 unspecified atom stereocenters. The summed E-state index contributed by atoms with van der Waals surface area (Å²) in [5.74, 6) is -3.51. The summed E-state index contributed by atoms with van der Waals surface area (Å²) in [4.78, 5) is 103. The van der Waals surface area contributed by atoms with Crippen molar-refractivity contribution in [3.8, 4) is 0 Å². The van der Waals surface area contributed by atoms with Crippen LogP contribution in [0.5, 0.6) is 0 Å². The van der Waals surface area contributed by atoms with Gasteiger partial charge in [0.2, 0.25) is 11.8 Å². The lowest BCUT2D eigenvalue weighted by Crippen LogP contribution is -2.36. The fourth-order valence-electron chi connectivity index (χ4n) is 17.6. The quantitative estimate of drug-likeness (QED) is 0.0453. The molecule has 18 nitrogen and oxygen atoms in total. The summed E-state index contributed by atoms with van der Waals surface area (Å²) in [6.07, 6.45) is 28.9. The monoisotopic (exact) mass is 1320 g/mol. The predicted octanol–water partition coefficient (Wildman–Crippen LogP) is 10.3. The fraction of sp³-hybridized carbons (Fsp3) is 0.441. The molecule has 18 rings (SSSR count). The van der Waals surface area contributed by atoms with Crippen molar-refractivity contribution in [1.82, 2.24) is 9.97 Å². The van der Waals surface area contributed by atoms with E-state index in [1.807, 2.05) is 80.6 Å². The normalized spacial score (nSPS) is 34.1. The third kappa shape index (κ3) is 10.0. The molecule has 4 spiro atoms. The number of allylic oxidation sites excluding steroid dienone is 8. The number of pyridine rings is 2. The van der Waals surface area contributed by atoms with Crippen molar-refractivity contribution in [3.63, 3.8) is 0 Å². The number of cyclic esters (lactones) is 4. The van der Waals surface area contributed by atoms with Gasteiger partial charge in [0.05, 0.1) is 47.3 Å². The Labute approximate surface area is 525 Å². The standard InChI is InChI=1S/C18H19NO3.C16H15BrN2O3.2C11H10O3.C7H9N.C5H5BrN2/c1-10-2-4-11(5-3-10)19-16(20)14-12-6-7-13(15(14)17(21)22)18(12)8-9-18;17-8-1-4-11(18-7-8)19-14(20)12-9-2-3-10(13(12)15(21)22)16(9)5-6-16;2*12-9-7-5-1-2-6(11(5)3-4-11)8(7)10(13)14-9;1-6-2-4-7(8)5-3-6;6-4-1-2-5(7)8-3-4/h2-7,12-15H,8-9H2,1H3,(H,19,20)(H,21,22);1-4,7,9-10,12-13H,5-6H2,(H,21,22)(H,18,19,20);2*1-2,5-8H,3-4H2;2-5H,8H2,1H3;1-3H,(H2,7,8). The molecule has 16 atom stereocenters. The lowest BCUT2D eigenvalue weighted by molar-refractivity contribution is -0.157. The molecular formula is C68H68Br2N6O12. The Morgan fingerprint density at radius 1 is 0.455 bits per heavy atom. The molecule has 8 bridgehead atoms. The number of fused-ring (bicyclic) bond motifs is 6. The van der Waals surface area contributed by atoms with Gasteiger partial charge < -0.3 is 41.8 Å². The number of nitrogens with one attached hydrogen (secondary N) is 2. The summed E-state index contributed by atoms with van der Waals surface area (Å²) < 4.78 is 11.2. The molecule has 20 heteroatoms. The average molecular weight is 1320 g/mol. The number of carboxylic acid groups (broad SMARTS) is 2. The number of carbonyl (C=O) groups is 8. The summed E-state index contributed by atoms with van der Waals surface area (Å²) in [5, 5.41) is 24.9. The van der Waals surface area contributed by atoms with E-state index in [1.54, 1.807) is 30.6 Å². The summed E-state index contributed by atoms with van der Waals surface area (Å²) in [6.45, 7) is 4.03. The Hall–Kier alpha value is -7.58. The van der Waals surface area contributed by atoms with Gasteiger partial charge in [-0.3, -0.25) is 38.4 Å². The van der Waals surface area contributed by atoms with Gasteiger partial charge in [0, 0.05) is 32.7 Å². The SMILES string of the molecule is Cc1ccc(N)cc1.Cc1ccc(NC(=O)C2C(C(=O)O)C3C=CC2C32CC2)cc1.Nc1ccc(Br)cn1.O=C(O)C1C(C(=O)Nc2ccc(Br)cn2)C2C=CC1C21CC1.O=C1OC(=O)C2C1C1C=CC2C12CC2.O=C1OC(=O)C2C1C1C=CC2C12CC2. The molecule has 4 heterocycles. The van der Waals surface area contributed by atoms with Crippen molar-refractivity contribution in [3.05, 3.63) is 154 Å². The van der Waals surface area contributed by atoms with Crippen LogP contribution in [0.4, 0.5) is 23.0 Å². The maximum Gasteiger partial charge on any atom is 0.318 e. The number of carbonyl (C=O) groups excluding carboxylic acids is 6. The molecule has 2 aromatic heterocycles. The van der Waals surface area contributed by atoms with E-state index in [4.69, 9.17) is 20.9 Å². The number of carboxylic acids is 2. The summed E-state index contributed by atoms with van der Waals surface area (Å²) in [7, 11) is 0. The molecular weight excluding hydrogens is 1250 g/mol. The molecule has 0 radical (unpaired) electrons. The van der Waals surface area contributed by atoms with E-state index in [0.29, 0.717) is 46.1 Å². The molecule has 2 saturated heterocycles. The molecule has 2 aliphatic heterocycles. The molecule has 2 aromatic carbocycles. The third-order valence-electron chi connectivity index (χ3n) is 22.2.